The van der Waals surface area contributed by atoms with Crippen LogP contribution in [0.5, 0.6) is 5.75 Å². The highest BCUT2D eigenvalue weighted by Crippen LogP contribution is 2.28. The number of nitrogens with two attached hydrogens (primary N) is 1. The number of thiophene rings is 1. The molecule has 21 heavy (non-hydrogen) atoms. The molecule has 1 aliphatic rings. The van der Waals surface area contributed by atoms with Gasteiger partial charge in [0.05, 0.1) is 4.90 Å². The van der Waals surface area contributed by atoms with Crippen molar-refractivity contribution in [1.82, 2.24) is 4.72 Å². The number of ether oxygens (including phenoxy) is 1. The van der Waals surface area contributed by atoms with E-state index in [0.29, 0.717) is 11.3 Å². The highest BCUT2D eigenvalue weighted by molar-refractivity contribution is 7.89. The zero-order valence-corrected chi connectivity index (χ0v) is 12.9. The maximum absolute atomic E-state index is 12.3. The van der Waals surface area contributed by atoms with Crippen LogP contribution < -0.4 is 15.2 Å². The summed E-state index contributed by atoms with van der Waals surface area (Å²) in [5.74, 6) is 0.833. The van der Waals surface area contributed by atoms with Crippen LogP contribution in [-0.2, 0) is 23.0 Å². The van der Waals surface area contributed by atoms with E-state index in [4.69, 9.17) is 10.5 Å². The Labute approximate surface area is 127 Å². The van der Waals surface area contributed by atoms with Gasteiger partial charge in [-0.3, -0.25) is 0 Å². The molecular weight excluding hydrogens is 308 g/mol. The molecule has 1 unspecified atom stereocenters. The smallest absolute Gasteiger partial charge is 0.241 e. The van der Waals surface area contributed by atoms with Crippen molar-refractivity contribution in [1.29, 1.82) is 0 Å². The molecule has 2 aromatic rings. The topological polar surface area (TPSA) is 81.4 Å². The summed E-state index contributed by atoms with van der Waals surface area (Å²) in [4.78, 5) is 0.934. The van der Waals surface area contributed by atoms with Crippen molar-refractivity contribution in [3.05, 3.63) is 46.2 Å². The van der Waals surface area contributed by atoms with Crippen molar-refractivity contribution in [3.63, 3.8) is 0 Å². The van der Waals surface area contributed by atoms with Crippen LogP contribution in [0.1, 0.15) is 10.4 Å². The van der Waals surface area contributed by atoms with Crippen molar-refractivity contribution >= 4 is 21.4 Å². The number of hydrogen-bond acceptors (Lipinski definition) is 5. The minimum atomic E-state index is -3.53. The summed E-state index contributed by atoms with van der Waals surface area (Å²) >= 11 is 1.35. The van der Waals surface area contributed by atoms with Gasteiger partial charge in [0.15, 0.2) is 0 Å². The van der Waals surface area contributed by atoms with E-state index >= 15 is 0 Å². The molecular formula is C14H16N2O3S2. The van der Waals surface area contributed by atoms with E-state index in [-0.39, 0.29) is 24.1 Å². The summed E-state index contributed by atoms with van der Waals surface area (Å²) < 4.78 is 32.9. The van der Waals surface area contributed by atoms with Crippen molar-refractivity contribution < 1.29 is 13.2 Å². The molecule has 0 aliphatic carbocycles. The molecule has 5 nitrogen and oxygen atoms in total. The SMILES string of the molecule is NCc1sccc1S(=O)(=O)NCC1Cc2ccccc2O1. The first-order chi connectivity index (χ1) is 10.1. The quantitative estimate of drug-likeness (QED) is 0.873. The molecule has 3 N–H and O–H groups in total. The molecule has 2 heterocycles. The Hall–Kier alpha value is -1.41. The van der Waals surface area contributed by atoms with E-state index in [0.717, 1.165) is 11.3 Å². The monoisotopic (exact) mass is 324 g/mol. The third-order valence-corrected chi connectivity index (χ3v) is 5.97. The Morgan fingerprint density at radius 1 is 1.33 bits per heavy atom. The summed E-state index contributed by atoms with van der Waals surface area (Å²) in [6, 6.07) is 9.34. The second-order valence-corrected chi connectivity index (χ2v) is 7.55. The van der Waals surface area contributed by atoms with Crippen LogP contribution in [0.25, 0.3) is 0 Å². The molecule has 1 atom stereocenters. The van der Waals surface area contributed by atoms with Gasteiger partial charge >= 0.3 is 0 Å². The number of fused-ring (bicyclic) bond motifs is 1. The first-order valence-corrected chi connectivity index (χ1v) is 8.97. The predicted octanol–water partition coefficient (Wildman–Crippen LogP) is 1.49. The van der Waals surface area contributed by atoms with Gasteiger partial charge in [-0.05, 0) is 23.1 Å². The van der Waals surface area contributed by atoms with Crippen LogP contribution in [0.3, 0.4) is 0 Å². The van der Waals surface area contributed by atoms with Gasteiger partial charge in [0.1, 0.15) is 11.9 Å². The highest BCUT2D eigenvalue weighted by Gasteiger charge is 2.25. The summed E-state index contributed by atoms with van der Waals surface area (Å²) in [6.07, 6.45) is 0.545. The largest absolute Gasteiger partial charge is 0.488 e. The molecule has 0 saturated carbocycles. The van der Waals surface area contributed by atoms with Crippen molar-refractivity contribution in [3.8, 4) is 5.75 Å². The van der Waals surface area contributed by atoms with E-state index in [1.807, 2.05) is 24.3 Å². The molecule has 0 spiro atoms. The van der Waals surface area contributed by atoms with Gasteiger partial charge in [-0.25, -0.2) is 13.1 Å². The van der Waals surface area contributed by atoms with Crippen LogP contribution in [0.4, 0.5) is 0 Å². The zero-order valence-electron chi connectivity index (χ0n) is 11.3. The molecule has 0 amide bonds. The second-order valence-electron chi connectivity index (χ2n) is 4.82. The van der Waals surface area contributed by atoms with Gasteiger partial charge < -0.3 is 10.5 Å². The summed E-state index contributed by atoms with van der Waals surface area (Å²) in [5, 5.41) is 1.73. The Balaban J connectivity index is 1.66. The molecule has 0 fully saturated rings. The number of hydrogen-bond donors (Lipinski definition) is 2. The van der Waals surface area contributed by atoms with Gasteiger partial charge in [0.2, 0.25) is 10.0 Å². The molecule has 0 bridgehead atoms. The van der Waals surface area contributed by atoms with Crippen LogP contribution in [0.2, 0.25) is 0 Å². The maximum Gasteiger partial charge on any atom is 0.241 e. The normalized spacial score (nSPS) is 17.5. The lowest BCUT2D eigenvalue weighted by Gasteiger charge is -2.12. The lowest BCUT2D eigenvalue weighted by Crippen LogP contribution is -2.34. The lowest BCUT2D eigenvalue weighted by molar-refractivity contribution is 0.236. The Bertz CT molecular complexity index is 715. The van der Waals surface area contributed by atoms with E-state index < -0.39 is 10.0 Å². The minimum absolute atomic E-state index is 0.169. The van der Waals surface area contributed by atoms with Crippen LogP contribution in [0, 0.1) is 0 Å². The molecule has 3 rings (SSSR count). The van der Waals surface area contributed by atoms with Crippen LogP contribution >= 0.6 is 11.3 Å². The summed E-state index contributed by atoms with van der Waals surface area (Å²) in [5.41, 5.74) is 6.67. The molecule has 0 saturated heterocycles. The Kier molecular flexibility index (Phi) is 3.99. The molecule has 112 valence electrons. The fraction of sp³-hybridized carbons (Fsp3) is 0.286. The van der Waals surface area contributed by atoms with Crippen LogP contribution in [-0.4, -0.2) is 21.1 Å². The third kappa shape index (κ3) is 2.96. The van der Waals surface area contributed by atoms with Crippen molar-refractivity contribution in [2.24, 2.45) is 5.73 Å². The first-order valence-electron chi connectivity index (χ1n) is 6.61. The Morgan fingerprint density at radius 3 is 2.90 bits per heavy atom. The molecule has 1 aromatic heterocycles. The van der Waals surface area contributed by atoms with E-state index in [1.54, 1.807) is 11.4 Å². The number of sulfonamides is 1. The molecule has 7 heteroatoms. The highest BCUT2D eigenvalue weighted by atomic mass is 32.2. The van der Waals surface area contributed by atoms with Crippen molar-refractivity contribution in [2.45, 2.75) is 24.0 Å². The molecule has 1 aliphatic heterocycles. The van der Waals surface area contributed by atoms with Crippen LogP contribution in [0.15, 0.2) is 40.6 Å². The second kappa shape index (κ2) is 5.76. The lowest BCUT2D eigenvalue weighted by atomic mass is 10.1. The zero-order chi connectivity index (χ0) is 14.9. The van der Waals surface area contributed by atoms with Crippen molar-refractivity contribution in [2.75, 3.05) is 6.54 Å². The average Bonchev–Trinajstić information content (AvgIpc) is 3.11. The first kappa shape index (κ1) is 14.5. The Morgan fingerprint density at radius 2 is 2.14 bits per heavy atom. The van der Waals surface area contributed by atoms with E-state index in [2.05, 4.69) is 4.72 Å². The minimum Gasteiger partial charge on any atom is -0.488 e. The van der Waals surface area contributed by atoms with Gasteiger partial charge in [0, 0.05) is 24.4 Å². The van der Waals surface area contributed by atoms with E-state index in [9.17, 15) is 8.42 Å². The number of nitrogens with one attached hydrogen (secondary N) is 1. The van der Waals surface area contributed by atoms with Gasteiger partial charge in [-0.1, -0.05) is 18.2 Å². The predicted molar refractivity (Wildman–Crippen MR) is 82.0 cm³/mol. The summed E-state index contributed by atoms with van der Waals surface area (Å²) in [7, 11) is -3.53. The molecule has 1 aromatic carbocycles. The number of para-hydroxylation sites is 1. The fourth-order valence-electron chi connectivity index (χ4n) is 2.37. The number of rotatable bonds is 5. The van der Waals surface area contributed by atoms with Gasteiger partial charge in [-0.2, -0.15) is 0 Å². The van der Waals surface area contributed by atoms with Gasteiger partial charge in [-0.15, -0.1) is 11.3 Å². The standard InChI is InChI=1S/C14H16N2O3S2/c15-8-13-14(5-6-20-13)21(17,18)16-9-11-7-10-3-1-2-4-12(10)19-11/h1-6,11,16H,7-9,15H2. The average molecular weight is 324 g/mol. The molecule has 0 radical (unpaired) electrons. The maximum atomic E-state index is 12.3. The third-order valence-electron chi connectivity index (χ3n) is 3.39. The summed E-state index contributed by atoms with van der Waals surface area (Å²) in [6.45, 7) is 0.468. The van der Waals surface area contributed by atoms with Gasteiger partial charge in [0.25, 0.3) is 0 Å². The van der Waals surface area contributed by atoms with E-state index in [1.165, 1.54) is 11.3 Å². The number of benzene rings is 1. The fourth-order valence-corrected chi connectivity index (χ4v) is 4.76.